The van der Waals surface area contributed by atoms with Crippen molar-refractivity contribution in [1.82, 2.24) is 0 Å². The summed E-state index contributed by atoms with van der Waals surface area (Å²) in [5.41, 5.74) is -8.62. The summed E-state index contributed by atoms with van der Waals surface area (Å²) in [5.74, 6) is 0. The second-order valence-corrected chi connectivity index (χ2v) is 19.2. The number of rotatable bonds is 8. The summed E-state index contributed by atoms with van der Waals surface area (Å²) in [6.45, 7) is 24.6. The van der Waals surface area contributed by atoms with Gasteiger partial charge in [-0.15, -0.1) is 44.8 Å². The molecule has 0 rings (SSSR count). The molecule has 0 aliphatic carbocycles. The van der Waals surface area contributed by atoms with Gasteiger partial charge in [0.15, 0.2) is 8.59 Å². The minimum atomic E-state index is -1.08. The molecule has 0 aromatic carbocycles. The van der Waals surface area contributed by atoms with E-state index in [1.165, 1.54) is 111 Å². The van der Waals surface area contributed by atoms with Gasteiger partial charge >= 0.3 is 43.4 Å². The van der Waals surface area contributed by atoms with Crippen LogP contribution in [0.2, 0.25) is 0 Å². The van der Waals surface area contributed by atoms with E-state index in [0.29, 0.717) is 0 Å². The fourth-order valence-electron chi connectivity index (χ4n) is 4.10. The van der Waals surface area contributed by atoms with Gasteiger partial charge in [0.05, 0.1) is 0 Å². The topological polar surface area (TPSA) is 184 Å². The Labute approximate surface area is 341 Å². The Morgan fingerprint density at radius 1 is 0.283 bits per heavy atom. The van der Waals surface area contributed by atoms with Crippen molar-refractivity contribution in [3.05, 3.63) is 0 Å². The van der Waals surface area contributed by atoms with Crippen LogP contribution in [0.4, 0.5) is 0 Å². The molecule has 0 N–H and O–H groups in total. The second kappa shape index (κ2) is 28.4. The van der Waals surface area contributed by atoms with Crippen molar-refractivity contribution in [2.24, 2.45) is 0 Å². The summed E-state index contributed by atoms with van der Waals surface area (Å²) in [4.78, 5) is 0. The zero-order valence-corrected chi connectivity index (χ0v) is 38.2. The molecule has 0 aliphatic heterocycles. The van der Waals surface area contributed by atoms with E-state index in [-0.39, 0.29) is 69.1 Å². The molecular formula is C30H58Cl6O8Ti2. The summed E-state index contributed by atoms with van der Waals surface area (Å²) in [6.07, 6.45) is 0.722. The molecule has 0 bridgehead atoms. The minimum Gasteiger partial charge on any atom is -0.850 e. The van der Waals surface area contributed by atoms with Crippen LogP contribution in [0.25, 0.3) is 0 Å². The average molecular weight is 855 g/mol. The van der Waals surface area contributed by atoms with Gasteiger partial charge in [0.25, 0.3) is 0 Å². The van der Waals surface area contributed by atoms with Crippen LogP contribution in [0.5, 0.6) is 0 Å². The first kappa shape index (κ1) is 67.0. The summed E-state index contributed by atoms with van der Waals surface area (Å²) in [5, 5.41) is 87.4. The summed E-state index contributed by atoms with van der Waals surface area (Å²) in [6, 6.07) is 0. The number of hydrogen-bond acceptors (Lipinski definition) is 8. The zero-order valence-electron chi connectivity index (χ0n) is 30.5. The van der Waals surface area contributed by atoms with Crippen LogP contribution in [-0.4, -0.2) is 53.4 Å². The molecule has 0 fully saturated rings. The Hall–Kier alpha value is 2.85. The van der Waals surface area contributed by atoms with E-state index in [4.69, 9.17) is 69.6 Å². The number of alkyl halides is 6. The largest absolute Gasteiger partial charge is 4.00 e. The Morgan fingerprint density at radius 3 is 0.326 bits per heavy atom. The first-order valence-corrected chi connectivity index (χ1v) is 16.4. The molecular weight excluding hydrogens is 797 g/mol. The molecule has 0 aliphatic rings. The van der Waals surface area contributed by atoms with Crippen LogP contribution in [0.3, 0.4) is 0 Å². The van der Waals surface area contributed by atoms with Crippen molar-refractivity contribution >= 4 is 69.6 Å². The summed E-state index contributed by atoms with van der Waals surface area (Å²) < 4.78 is -1.50. The summed E-state index contributed by atoms with van der Waals surface area (Å²) in [7, 11) is 0. The average Bonchev–Trinajstić information content (AvgIpc) is 2.38. The van der Waals surface area contributed by atoms with Crippen molar-refractivity contribution in [2.75, 3.05) is 0 Å². The van der Waals surface area contributed by atoms with Crippen LogP contribution in [0.15, 0.2) is 0 Å². The third kappa shape index (κ3) is 137. The quantitative estimate of drug-likeness (QED) is 0.264. The van der Waals surface area contributed by atoms with E-state index >= 15 is 0 Å². The third-order valence-electron chi connectivity index (χ3n) is 3.41. The van der Waals surface area contributed by atoms with Crippen LogP contribution in [0.1, 0.15) is 136 Å². The number of halogens is 6. The molecule has 46 heavy (non-hydrogen) atoms. The fourth-order valence-corrected chi connectivity index (χ4v) is 4.10. The predicted octanol–water partition coefficient (Wildman–Crippen LogP) is 2.59. The molecule has 16 heteroatoms. The monoisotopic (exact) mass is 852 g/mol. The van der Waals surface area contributed by atoms with Crippen LogP contribution in [0, 0.1) is 0 Å². The van der Waals surface area contributed by atoms with Crippen molar-refractivity contribution < 1.29 is 84.3 Å². The van der Waals surface area contributed by atoms with Gasteiger partial charge in [0.2, 0.25) is 0 Å². The molecule has 0 aromatic heterocycles. The Bertz CT molecular complexity index is 501. The van der Waals surface area contributed by atoms with Gasteiger partial charge < -0.3 is 40.9 Å². The van der Waals surface area contributed by atoms with Crippen molar-refractivity contribution in [3.63, 3.8) is 0 Å². The SMILES string of the molecule is CC(C)([O-])CC(C)(C)[O-].CC(C)([O-])CC(C)(C)[O-].CC(C)([O-])CC(C)(C)[O-].CC(C)([O-])CC(C)(C)[O-].ClC(Cl)Cl.ClC(Cl)Cl.[Ti+4].[Ti+4]. The molecule has 0 saturated heterocycles. The Balaban J connectivity index is -0.0000000638. The standard InChI is InChI=1S/4C7H14O2.2CHCl3.2Ti/c4*1-6(2,8)5-7(3,4)9;2*2-1(3)4;;/h4*5H2,1-4H3;2*1H;;/q4*-2;;;2*+4. The van der Waals surface area contributed by atoms with Gasteiger partial charge in [0, 0.05) is 0 Å². The van der Waals surface area contributed by atoms with Gasteiger partial charge in [-0.3, -0.25) is 0 Å². The van der Waals surface area contributed by atoms with Crippen molar-refractivity contribution in [3.8, 4) is 0 Å². The maximum atomic E-state index is 10.9. The van der Waals surface area contributed by atoms with E-state index in [2.05, 4.69) is 0 Å². The molecule has 0 aromatic rings. The van der Waals surface area contributed by atoms with Gasteiger partial charge in [-0.05, 0) is 0 Å². The minimum absolute atomic E-state index is 0. The molecule has 0 atom stereocenters. The Morgan fingerprint density at radius 2 is 0.326 bits per heavy atom. The molecule has 8 nitrogen and oxygen atoms in total. The maximum Gasteiger partial charge on any atom is 4.00 e. The molecule has 0 unspecified atom stereocenters. The van der Waals surface area contributed by atoms with Gasteiger partial charge in [-0.1, -0.05) is 206 Å². The van der Waals surface area contributed by atoms with Gasteiger partial charge in [0.1, 0.15) is 0 Å². The summed E-state index contributed by atoms with van der Waals surface area (Å²) >= 11 is 28.8. The number of hydrogen-bond donors (Lipinski definition) is 0. The van der Waals surface area contributed by atoms with E-state index in [9.17, 15) is 40.9 Å². The first-order chi connectivity index (χ1) is 18.3. The molecule has 0 saturated carbocycles. The fraction of sp³-hybridized carbons (Fsp3) is 1.00. The van der Waals surface area contributed by atoms with Crippen LogP contribution < -0.4 is 40.9 Å². The molecule has 0 radical (unpaired) electrons. The Kier molecular flexibility index (Phi) is 41.3. The van der Waals surface area contributed by atoms with Crippen LogP contribution in [-0.2, 0) is 43.4 Å². The van der Waals surface area contributed by atoms with Crippen molar-refractivity contribution in [2.45, 2.75) is 190 Å². The van der Waals surface area contributed by atoms with E-state index < -0.39 is 53.4 Å². The maximum absolute atomic E-state index is 10.9. The molecule has 0 spiro atoms. The van der Waals surface area contributed by atoms with Gasteiger partial charge in [-0.25, -0.2) is 0 Å². The second-order valence-electron chi connectivity index (χ2n) is 15.3. The van der Waals surface area contributed by atoms with E-state index in [0.717, 1.165) is 0 Å². The first-order valence-electron chi connectivity index (χ1n) is 13.8. The smallest absolute Gasteiger partial charge is 0.850 e. The van der Waals surface area contributed by atoms with Crippen molar-refractivity contribution in [1.29, 1.82) is 0 Å². The normalized spacial score (nSPS) is 12.5. The molecule has 0 heterocycles. The third-order valence-corrected chi connectivity index (χ3v) is 3.41. The van der Waals surface area contributed by atoms with E-state index in [1.54, 1.807) is 0 Å². The van der Waals surface area contributed by atoms with Gasteiger partial charge in [-0.2, -0.15) is 0 Å². The zero-order chi connectivity index (χ0) is 38.0. The molecule has 276 valence electrons. The molecule has 0 amide bonds. The van der Waals surface area contributed by atoms with E-state index in [1.807, 2.05) is 0 Å². The van der Waals surface area contributed by atoms with Crippen LogP contribution >= 0.6 is 69.6 Å². The predicted molar refractivity (Wildman–Crippen MR) is 174 cm³/mol.